The monoisotopic (exact) mass is 445 g/mol. The van der Waals surface area contributed by atoms with Crippen molar-refractivity contribution in [2.45, 2.75) is 76.9 Å². The number of alkyl halides is 2. The van der Waals surface area contributed by atoms with Crippen molar-refractivity contribution in [3.8, 4) is 5.88 Å². The van der Waals surface area contributed by atoms with Crippen LogP contribution in [0.1, 0.15) is 69.6 Å². The molecule has 0 unspecified atom stereocenters. The minimum atomic E-state index is -3.32. The van der Waals surface area contributed by atoms with E-state index in [-0.39, 0.29) is 37.1 Å². The van der Waals surface area contributed by atoms with E-state index in [9.17, 15) is 22.0 Å². The summed E-state index contributed by atoms with van der Waals surface area (Å²) < 4.78 is 55.3. The Labute approximate surface area is 176 Å². The van der Waals surface area contributed by atoms with Crippen molar-refractivity contribution < 1.29 is 26.7 Å². The van der Waals surface area contributed by atoms with Gasteiger partial charge in [0.05, 0.1) is 0 Å². The molecule has 1 aliphatic carbocycles. The first kappa shape index (κ1) is 24.2. The first-order valence-corrected chi connectivity index (χ1v) is 11.7. The van der Waals surface area contributed by atoms with Crippen LogP contribution >= 0.6 is 0 Å². The zero-order valence-electron chi connectivity index (χ0n) is 17.9. The largest absolute Gasteiger partial charge is 0.474 e. The summed E-state index contributed by atoms with van der Waals surface area (Å²) in [5.74, 6) is -2.73. The highest BCUT2D eigenvalue weighted by Gasteiger charge is 2.36. The van der Waals surface area contributed by atoms with Gasteiger partial charge in [-0.1, -0.05) is 26.8 Å². The zero-order valence-corrected chi connectivity index (χ0v) is 18.7. The number of amides is 1. The van der Waals surface area contributed by atoms with E-state index < -0.39 is 39.2 Å². The van der Waals surface area contributed by atoms with E-state index in [2.05, 4.69) is 15.3 Å². The average Bonchev–Trinajstić information content (AvgIpc) is 2.60. The number of carbonyl (C=O) groups excluding carboxylic acids is 1. The third kappa shape index (κ3) is 7.30. The molecular formula is C20H29F2N3O4S. The molecule has 2 rings (SSSR count). The van der Waals surface area contributed by atoms with Crippen LogP contribution in [0.15, 0.2) is 17.7 Å². The lowest BCUT2D eigenvalue weighted by molar-refractivity contribution is -0.0589. The molecule has 0 spiro atoms. The number of halogens is 2. The SMILES string of the molecule is C[C@@H](/C=C/S(C)(=O)=O)NC(=O)c1cnc(C(C)(C)C)nc1OC1CCC(F)(F)CC1. The lowest BCUT2D eigenvalue weighted by atomic mass is 9.94. The van der Waals surface area contributed by atoms with Gasteiger partial charge in [-0.2, -0.15) is 4.98 Å². The van der Waals surface area contributed by atoms with Crippen LogP contribution in [0.5, 0.6) is 5.88 Å². The second kappa shape index (κ2) is 8.95. The summed E-state index contributed by atoms with van der Waals surface area (Å²) in [6.07, 6.45) is 3.06. The van der Waals surface area contributed by atoms with Crippen molar-refractivity contribution in [2.24, 2.45) is 0 Å². The predicted molar refractivity (Wildman–Crippen MR) is 109 cm³/mol. The van der Waals surface area contributed by atoms with Gasteiger partial charge in [0.25, 0.3) is 5.91 Å². The zero-order chi connectivity index (χ0) is 22.7. The molecule has 0 saturated heterocycles. The topological polar surface area (TPSA) is 98.2 Å². The first-order valence-electron chi connectivity index (χ1n) is 9.77. The van der Waals surface area contributed by atoms with E-state index >= 15 is 0 Å². The Morgan fingerprint density at radius 3 is 2.47 bits per heavy atom. The predicted octanol–water partition coefficient (Wildman–Crippen LogP) is 3.41. The molecule has 1 heterocycles. The molecule has 0 aromatic carbocycles. The lowest BCUT2D eigenvalue weighted by Crippen LogP contribution is -2.34. The standard InChI is InChI=1S/C20H29F2N3O4S/c1-13(8-11-30(5,27)28)24-16(26)15-12-23-18(19(2,3)4)25-17(15)29-14-6-9-20(21,22)10-7-14/h8,11-14H,6-7,9-10H2,1-5H3,(H,24,26)/b11-8+/t13-/m0/s1. The molecule has 1 saturated carbocycles. The number of aromatic nitrogens is 2. The number of hydrogen-bond donors (Lipinski definition) is 1. The molecule has 1 aromatic heterocycles. The molecular weight excluding hydrogens is 416 g/mol. The fourth-order valence-corrected chi connectivity index (χ4v) is 3.38. The summed E-state index contributed by atoms with van der Waals surface area (Å²) in [5, 5.41) is 3.66. The highest BCUT2D eigenvalue weighted by Crippen LogP contribution is 2.35. The van der Waals surface area contributed by atoms with Gasteiger partial charge >= 0.3 is 0 Å². The molecule has 1 aromatic rings. The molecule has 0 aliphatic heterocycles. The smallest absolute Gasteiger partial charge is 0.258 e. The van der Waals surface area contributed by atoms with E-state index in [0.29, 0.717) is 5.82 Å². The normalized spacial score (nSPS) is 18.9. The highest BCUT2D eigenvalue weighted by molar-refractivity contribution is 7.93. The number of sulfone groups is 1. The van der Waals surface area contributed by atoms with E-state index in [1.165, 1.54) is 12.3 Å². The molecule has 0 bridgehead atoms. The van der Waals surface area contributed by atoms with Crippen LogP contribution < -0.4 is 10.1 Å². The fourth-order valence-electron chi connectivity index (χ4n) is 2.86. The second-order valence-corrected chi connectivity index (χ2v) is 10.7. The van der Waals surface area contributed by atoms with Gasteiger partial charge in [0.2, 0.25) is 11.8 Å². The number of carbonyl (C=O) groups is 1. The Bertz CT molecular complexity index is 901. The Balaban J connectivity index is 2.25. The quantitative estimate of drug-likeness (QED) is 0.721. The van der Waals surface area contributed by atoms with Crippen LogP contribution in [0.3, 0.4) is 0 Å². The van der Waals surface area contributed by atoms with Crippen LogP contribution in [0, 0.1) is 0 Å². The minimum Gasteiger partial charge on any atom is -0.474 e. The van der Waals surface area contributed by atoms with Crippen molar-refractivity contribution in [3.05, 3.63) is 29.1 Å². The number of hydrogen-bond acceptors (Lipinski definition) is 6. The highest BCUT2D eigenvalue weighted by atomic mass is 32.2. The minimum absolute atomic E-state index is 0.0435. The average molecular weight is 446 g/mol. The van der Waals surface area contributed by atoms with Gasteiger partial charge in [-0.15, -0.1) is 0 Å². The first-order chi connectivity index (χ1) is 13.7. The van der Waals surface area contributed by atoms with Crippen molar-refractivity contribution in [2.75, 3.05) is 6.26 Å². The molecule has 7 nitrogen and oxygen atoms in total. The van der Waals surface area contributed by atoms with Gasteiger partial charge in [-0.25, -0.2) is 22.2 Å². The van der Waals surface area contributed by atoms with E-state index in [1.54, 1.807) is 6.92 Å². The second-order valence-electron chi connectivity index (χ2n) is 8.76. The van der Waals surface area contributed by atoms with Crippen LogP contribution in [-0.2, 0) is 15.3 Å². The summed E-state index contributed by atoms with van der Waals surface area (Å²) in [6.45, 7) is 7.34. The van der Waals surface area contributed by atoms with Crippen molar-refractivity contribution in [1.82, 2.24) is 15.3 Å². The lowest BCUT2D eigenvalue weighted by Gasteiger charge is -2.29. The molecule has 1 aliphatic rings. The molecule has 1 amide bonds. The number of rotatable bonds is 6. The van der Waals surface area contributed by atoms with Crippen LogP contribution in [-0.4, -0.2) is 48.6 Å². The Morgan fingerprint density at radius 2 is 1.93 bits per heavy atom. The summed E-state index contributed by atoms with van der Waals surface area (Å²) in [7, 11) is -3.32. The van der Waals surface area contributed by atoms with Crippen molar-refractivity contribution in [1.29, 1.82) is 0 Å². The summed E-state index contributed by atoms with van der Waals surface area (Å²) in [4.78, 5) is 21.4. The van der Waals surface area contributed by atoms with Gasteiger partial charge in [-0.3, -0.25) is 4.79 Å². The third-order valence-corrected chi connectivity index (χ3v) is 5.24. The molecule has 0 radical (unpaired) electrons. The molecule has 168 valence electrons. The molecule has 30 heavy (non-hydrogen) atoms. The molecule has 1 N–H and O–H groups in total. The Morgan fingerprint density at radius 1 is 1.33 bits per heavy atom. The van der Waals surface area contributed by atoms with Gasteiger partial charge in [0, 0.05) is 42.2 Å². The van der Waals surface area contributed by atoms with Crippen LogP contribution in [0.25, 0.3) is 0 Å². The number of nitrogens with one attached hydrogen (secondary N) is 1. The van der Waals surface area contributed by atoms with E-state index in [4.69, 9.17) is 4.74 Å². The van der Waals surface area contributed by atoms with Crippen LogP contribution in [0.2, 0.25) is 0 Å². The van der Waals surface area contributed by atoms with Gasteiger partial charge in [0.15, 0.2) is 9.84 Å². The molecule has 1 fully saturated rings. The van der Waals surface area contributed by atoms with Gasteiger partial charge in [-0.05, 0) is 19.8 Å². The van der Waals surface area contributed by atoms with Crippen molar-refractivity contribution >= 4 is 15.7 Å². The fraction of sp³-hybridized carbons (Fsp3) is 0.650. The maximum Gasteiger partial charge on any atom is 0.258 e. The summed E-state index contributed by atoms with van der Waals surface area (Å²) in [6, 6.07) is -0.573. The molecule has 1 atom stereocenters. The van der Waals surface area contributed by atoms with Crippen molar-refractivity contribution in [3.63, 3.8) is 0 Å². The maximum absolute atomic E-state index is 13.4. The summed E-state index contributed by atoms with van der Waals surface area (Å²) in [5.41, 5.74) is -0.335. The van der Waals surface area contributed by atoms with Gasteiger partial charge in [0.1, 0.15) is 17.5 Å². The summed E-state index contributed by atoms with van der Waals surface area (Å²) >= 11 is 0. The van der Waals surface area contributed by atoms with E-state index in [1.807, 2.05) is 20.8 Å². The Hall–Kier alpha value is -2.10. The van der Waals surface area contributed by atoms with Gasteiger partial charge < -0.3 is 10.1 Å². The number of nitrogens with zero attached hydrogens (tertiary/aromatic N) is 2. The van der Waals surface area contributed by atoms with E-state index in [0.717, 1.165) is 11.7 Å². The van der Waals surface area contributed by atoms with Crippen LogP contribution in [0.4, 0.5) is 8.78 Å². The molecule has 10 heteroatoms. The number of ether oxygens (including phenoxy) is 1. The maximum atomic E-state index is 13.4. The Kier molecular flexibility index (Phi) is 7.21. The third-order valence-electron chi connectivity index (χ3n) is 4.58.